The molecule has 4 rings (SSSR count). The van der Waals surface area contributed by atoms with Gasteiger partial charge < -0.3 is 4.90 Å². The van der Waals surface area contributed by atoms with Crippen LogP contribution >= 0.6 is 22.7 Å². The van der Waals surface area contributed by atoms with Crippen molar-refractivity contribution in [1.82, 2.24) is 14.8 Å². The van der Waals surface area contributed by atoms with Gasteiger partial charge in [-0.1, -0.05) is 12.1 Å². The summed E-state index contributed by atoms with van der Waals surface area (Å²) < 4.78 is 1.24. The van der Waals surface area contributed by atoms with E-state index in [0.29, 0.717) is 0 Å². The Labute approximate surface area is 162 Å². The third-order valence-corrected chi connectivity index (χ3v) is 7.54. The number of hydrogen-bond donors (Lipinski definition) is 0. The van der Waals surface area contributed by atoms with Crippen molar-refractivity contribution in [2.45, 2.75) is 26.8 Å². The van der Waals surface area contributed by atoms with Crippen LogP contribution in [0, 0.1) is 13.8 Å². The standard InChI is InChI=1S/C20H23N3OS2/c1-13-12-18(25-15(13)3)20(24)23-10-8-22(9-11-23)14(2)19-21-16-6-4-5-7-17(16)26-19/h4-7,12,14H,8-11H2,1-3H3. The zero-order chi connectivity index (χ0) is 18.3. The van der Waals surface area contributed by atoms with Crippen LogP contribution in [-0.2, 0) is 0 Å². The third kappa shape index (κ3) is 3.29. The lowest BCUT2D eigenvalue weighted by atomic mass is 10.2. The topological polar surface area (TPSA) is 36.4 Å². The predicted molar refractivity (Wildman–Crippen MR) is 109 cm³/mol. The Morgan fingerprint density at radius 2 is 1.85 bits per heavy atom. The fraction of sp³-hybridized carbons (Fsp3) is 0.400. The van der Waals surface area contributed by atoms with Crippen molar-refractivity contribution in [3.63, 3.8) is 0 Å². The first-order valence-electron chi connectivity index (χ1n) is 8.99. The lowest BCUT2D eigenvalue weighted by Crippen LogP contribution is -2.49. The molecule has 0 aliphatic carbocycles. The minimum atomic E-state index is 0.179. The zero-order valence-corrected chi connectivity index (χ0v) is 17.0. The Morgan fingerprint density at radius 1 is 1.12 bits per heavy atom. The maximum absolute atomic E-state index is 12.7. The Kier molecular flexibility index (Phi) is 4.82. The Morgan fingerprint density at radius 3 is 2.50 bits per heavy atom. The summed E-state index contributed by atoms with van der Waals surface area (Å²) in [6, 6.07) is 10.6. The molecule has 1 atom stereocenters. The van der Waals surface area contributed by atoms with E-state index in [1.54, 1.807) is 22.7 Å². The summed E-state index contributed by atoms with van der Waals surface area (Å²) in [5.41, 5.74) is 2.29. The number of nitrogens with zero attached hydrogens (tertiary/aromatic N) is 3. The van der Waals surface area contributed by atoms with Gasteiger partial charge in [-0.05, 0) is 44.5 Å². The van der Waals surface area contributed by atoms with Gasteiger partial charge in [0.05, 0.1) is 21.1 Å². The van der Waals surface area contributed by atoms with Gasteiger partial charge in [-0.3, -0.25) is 9.69 Å². The Bertz CT molecular complexity index is 885. The van der Waals surface area contributed by atoms with Gasteiger partial charge in [-0.15, -0.1) is 22.7 Å². The second kappa shape index (κ2) is 7.10. The molecule has 1 fully saturated rings. The van der Waals surface area contributed by atoms with Crippen molar-refractivity contribution < 1.29 is 4.79 Å². The van der Waals surface area contributed by atoms with E-state index in [-0.39, 0.29) is 11.9 Å². The summed E-state index contributed by atoms with van der Waals surface area (Å²) in [4.78, 5) is 24.1. The predicted octanol–water partition coefficient (Wildman–Crippen LogP) is 4.49. The molecule has 0 bridgehead atoms. The van der Waals surface area contributed by atoms with Gasteiger partial charge in [0.1, 0.15) is 5.01 Å². The molecule has 2 aromatic heterocycles. The van der Waals surface area contributed by atoms with Crippen LogP contribution in [0.4, 0.5) is 0 Å². The van der Waals surface area contributed by atoms with E-state index in [2.05, 4.69) is 43.9 Å². The second-order valence-corrected chi connectivity index (χ2v) is 9.19. The van der Waals surface area contributed by atoms with Crippen LogP contribution in [0.5, 0.6) is 0 Å². The van der Waals surface area contributed by atoms with Crippen molar-refractivity contribution in [3.8, 4) is 0 Å². The number of carbonyl (C=O) groups excluding carboxylic acids is 1. The molecule has 1 aliphatic rings. The van der Waals surface area contributed by atoms with Crippen LogP contribution in [0.2, 0.25) is 0 Å². The molecule has 0 spiro atoms. The SMILES string of the molecule is Cc1cc(C(=O)N2CCN(C(C)c3nc4ccccc4s3)CC2)sc1C. The quantitative estimate of drug-likeness (QED) is 0.666. The summed E-state index contributed by atoms with van der Waals surface area (Å²) in [5, 5.41) is 1.16. The number of aromatic nitrogens is 1. The van der Waals surface area contributed by atoms with E-state index < -0.39 is 0 Å². The maximum atomic E-state index is 12.7. The fourth-order valence-electron chi connectivity index (χ4n) is 3.37. The number of rotatable bonds is 3. The number of hydrogen-bond acceptors (Lipinski definition) is 5. The van der Waals surface area contributed by atoms with E-state index in [9.17, 15) is 4.79 Å². The fourth-order valence-corrected chi connectivity index (χ4v) is 5.43. The molecule has 6 heteroatoms. The van der Waals surface area contributed by atoms with Gasteiger partial charge in [0.25, 0.3) is 5.91 Å². The molecule has 1 aliphatic heterocycles. The molecular weight excluding hydrogens is 362 g/mol. The molecule has 1 amide bonds. The minimum Gasteiger partial charge on any atom is -0.335 e. The molecule has 0 radical (unpaired) electrons. The second-order valence-electron chi connectivity index (χ2n) is 6.87. The lowest BCUT2D eigenvalue weighted by Gasteiger charge is -2.37. The summed E-state index contributed by atoms with van der Waals surface area (Å²) in [5.74, 6) is 0.179. The van der Waals surface area contributed by atoms with Crippen molar-refractivity contribution in [2.75, 3.05) is 26.2 Å². The highest BCUT2D eigenvalue weighted by atomic mass is 32.1. The highest BCUT2D eigenvalue weighted by Gasteiger charge is 2.27. The number of para-hydroxylation sites is 1. The van der Waals surface area contributed by atoms with E-state index >= 15 is 0 Å². The summed E-state index contributed by atoms with van der Waals surface area (Å²) in [6.07, 6.45) is 0. The molecule has 1 saturated heterocycles. The number of fused-ring (bicyclic) bond motifs is 1. The van der Waals surface area contributed by atoms with Gasteiger partial charge in [0, 0.05) is 31.1 Å². The first-order chi connectivity index (χ1) is 12.5. The van der Waals surface area contributed by atoms with Crippen molar-refractivity contribution in [2.24, 2.45) is 0 Å². The first kappa shape index (κ1) is 17.6. The normalized spacial score (nSPS) is 17.0. The summed E-state index contributed by atoms with van der Waals surface area (Å²) >= 11 is 3.39. The Balaban J connectivity index is 1.41. The van der Waals surface area contributed by atoms with Crippen LogP contribution in [0.25, 0.3) is 10.2 Å². The lowest BCUT2D eigenvalue weighted by molar-refractivity contribution is 0.0586. The molecule has 3 aromatic rings. The van der Waals surface area contributed by atoms with Crippen LogP contribution < -0.4 is 0 Å². The molecule has 3 heterocycles. The van der Waals surface area contributed by atoms with E-state index in [1.807, 2.05) is 17.0 Å². The smallest absolute Gasteiger partial charge is 0.264 e. The number of piperazine rings is 1. The molecule has 0 saturated carbocycles. The molecule has 136 valence electrons. The summed E-state index contributed by atoms with van der Waals surface area (Å²) in [7, 11) is 0. The van der Waals surface area contributed by atoms with Crippen molar-refractivity contribution in [1.29, 1.82) is 0 Å². The molecular formula is C20H23N3OS2. The number of benzene rings is 1. The van der Waals surface area contributed by atoms with Crippen molar-refractivity contribution >= 4 is 38.8 Å². The largest absolute Gasteiger partial charge is 0.335 e. The number of amides is 1. The monoisotopic (exact) mass is 385 g/mol. The molecule has 26 heavy (non-hydrogen) atoms. The highest BCUT2D eigenvalue weighted by molar-refractivity contribution is 7.18. The molecule has 4 nitrogen and oxygen atoms in total. The first-order valence-corrected chi connectivity index (χ1v) is 10.6. The summed E-state index contributed by atoms with van der Waals surface area (Å²) in [6.45, 7) is 9.72. The average molecular weight is 386 g/mol. The minimum absolute atomic E-state index is 0.179. The van der Waals surface area contributed by atoms with Gasteiger partial charge in [-0.2, -0.15) is 0 Å². The van der Waals surface area contributed by atoms with Gasteiger partial charge in [0.2, 0.25) is 0 Å². The maximum Gasteiger partial charge on any atom is 0.264 e. The van der Waals surface area contributed by atoms with Crippen LogP contribution in [-0.4, -0.2) is 46.9 Å². The Hall–Kier alpha value is -1.76. The van der Waals surface area contributed by atoms with E-state index in [4.69, 9.17) is 4.98 Å². The molecule has 1 aromatic carbocycles. The number of thiophene rings is 1. The molecule has 0 N–H and O–H groups in total. The van der Waals surface area contributed by atoms with Crippen LogP contribution in [0.1, 0.15) is 38.1 Å². The third-order valence-electron chi connectivity index (χ3n) is 5.19. The number of thiazole rings is 1. The van der Waals surface area contributed by atoms with Crippen LogP contribution in [0.15, 0.2) is 30.3 Å². The number of aryl methyl sites for hydroxylation is 2. The van der Waals surface area contributed by atoms with E-state index in [0.717, 1.165) is 41.6 Å². The number of carbonyl (C=O) groups is 1. The van der Waals surface area contributed by atoms with Gasteiger partial charge >= 0.3 is 0 Å². The van der Waals surface area contributed by atoms with Gasteiger partial charge in [0.15, 0.2) is 0 Å². The van der Waals surface area contributed by atoms with Crippen molar-refractivity contribution in [3.05, 3.63) is 50.7 Å². The van der Waals surface area contributed by atoms with E-state index in [1.165, 1.54) is 15.1 Å². The highest BCUT2D eigenvalue weighted by Crippen LogP contribution is 2.30. The van der Waals surface area contributed by atoms with Gasteiger partial charge in [-0.25, -0.2) is 4.98 Å². The van der Waals surface area contributed by atoms with Crippen LogP contribution in [0.3, 0.4) is 0 Å². The average Bonchev–Trinajstić information content (AvgIpc) is 3.24. The molecule has 1 unspecified atom stereocenters. The zero-order valence-electron chi connectivity index (χ0n) is 15.4.